The quantitative estimate of drug-likeness (QED) is 0.865. The zero-order chi connectivity index (χ0) is 14.5. The number of aryl methyl sites for hydroxylation is 1. The van der Waals surface area contributed by atoms with E-state index in [0.29, 0.717) is 12.6 Å². The predicted molar refractivity (Wildman–Crippen MR) is 83.4 cm³/mol. The molecule has 1 aromatic rings. The van der Waals surface area contributed by atoms with Crippen molar-refractivity contribution >= 4 is 11.6 Å². The highest BCUT2D eigenvalue weighted by molar-refractivity contribution is 6.00. The average Bonchev–Trinajstić information content (AvgIpc) is 2.46. The molecule has 20 heavy (non-hydrogen) atoms. The van der Waals surface area contributed by atoms with E-state index in [1.165, 1.54) is 5.56 Å². The van der Waals surface area contributed by atoms with Crippen LogP contribution in [0, 0.1) is 0 Å². The molecule has 0 atom stereocenters. The summed E-state index contributed by atoms with van der Waals surface area (Å²) < 4.78 is 0. The summed E-state index contributed by atoms with van der Waals surface area (Å²) in [4.78, 5) is 14.5. The Bertz CT molecular complexity index is 471. The van der Waals surface area contributed by atoms with E-state index in [4.69, 9.17) is 0 Å². The zero-order valence-electron chi connectivity index (χ0n) is 12.7. The minimum Gasteiger partial charge on any atom is -0.384 e. The van der Waals surface area contributed by atoms with Crippen LogP contribution < -0.4 is 10.6 Å². The molecule has 0 fully saturated rings. The highest BCUT2D eigenvalue weighted by Crippen LogP contribution is 2.25. The van der Waals surface area contributed by atoms with E-state index in [0.717, 1.165) is 37.2 Å². The molecule has 2 rings (SSSR count). The summed E-state index contributed by atoms with van der Waals surface area (Å²) in [5, 5.41) is 6.37. The van der Waals surface area contributed by atoms with Crippen molar-refractivity contribution in [2.75, 3.05) is 32.0 Å². The standard InChI is InChI=1S/C16H25N3O/c1-12(2)19(3)11-10-18-16(20)14-8-4-6-13-7-5-9-17-15(13)14/h4,6,8,12,17H,5,7,9-11H2,1-3H3,(H,18,20). The van der Waals surface area contributed by atoms with Gasteiger partial charge in [-0.15, -0.1) is 0 Å². The first kappa shape index (κ1) is 14.9. The number of carbonyl (C=O) groups is 1. The van der Waals surface area contributed by atoms with E-state index in [-0.39, 0.29) is 5.91 Å². The van der Waals surface area contributed by atoms with Crippen LogP contribution in [0.4, 0.5) is 5.69 Å². The topological polar surface area (TPSA) is 44.4 Å². The Kier molecular flexibility index (Phi) is 5.01. The Morgan fingerprint density at radius 2 is 2.25 bits per heavy atom. The Hall–Kier alpha value is -1.55. The molecule has 0 aliphatic carbocycles. The van der Waals surface area contributed by atoms with Gasteiger partial charge in [-0.25, -0.2) is 0 Å². The van der Waals surface area contributed by atoms with Gasteiger partial charge in [0, 0.05) is 25.7 Å². The van der Waals surface area contributed by atoms with Gasteiger partial charge in [-0.1, -0.05) is 12.1 Å². The lowest BCUT2D eigenvalue weighted by Gasteiger charge is -2.22. The first-order valence-corrected chi connectivity index (χ1v) is 7.44. The lowest BCUT2D eigenvalue weighted by Crippen LogP contribution is -2.36. The van der Waals surface area contributed by atoms with Crippen molar-refractivity contribution in [3.05, 3.63) is 29.3 Å². The molecule has 1 aromatic carbocycles. The van der Waals surface area contributed by atoms with Gasteiger partial charge in [0.2, 0.25) is 0 Å². The van der Waals surface area contributed by atoms with E-state index in [1.807, 2.05) is 12.1 Å². The molecule has 2 N–H and O–H groups in total. The molecule has 1 aliphatic heterocycles. The largest absolute Gasteiger partial charge is 0.384 e. The number of anilines is 1. The van der Waals surface area contributed by atoms with Crippen LogP contribution in [0.1, 0.15) is 36.2 Å². The summed E-state index contributed by atoms with van der Waals surface area (Å²) in [6, 6.07) is 6.47. The lowest BCUT2D eigenvalue weighted by molar-refractivity contribution is 0.0948. The third-order valence-corrected chi connectivity index (χ3v) is 3.95. The summed E-state index contributed by atoms with van der Waals surface area (Å²) in [6.07, 6.45) is 2.19. The van der Waals surface area contributed by atoms with Gasteiger partial charge in [0.05, 0.1) is 11.3 Å². The monoisotopic (exact) mass is 275 g/mol. The van der Waals surface area contributed by atoms with Crippen LogP contribution in [0.3, 0.4) is 0 Å². The number of benzene rings is 1. The molecule has 4 nitrogen and oxygen atoms in total. The van der Waals surface area contributed by atoms with Gasteiger partial charge in [-0.2, -0.15) is 0 Å². The Morgan fingerprint density at radius 3 is 3.00 bits per heavy atom. The Labute approximate surface area is 121 Å². The molecule has 0 unspecified atom stereocenters. The molecule has 0 radical (unpaired) electrons. The second-order valence-corrected chi connectivity index (χ2v) is 5.70. The fraction of sp³-hybridized carbons (Fsp3) is 0.562. The van der Waals surface area contributed by atoms with Gasteiger partial charge in [-0.05, 0) is 45.4 Å². The van der Waals surface area contributed by atoms with Crippen LogP contribution in [0.2, 0.25) is 0 Å². The molecule has 0 saturated heterocycles. The first-order valence-electron chi connectivity index (χ1n) is 7.44. The fourth-order valence-electron chi connectivity index (χ4n) is 2.40. The first-order chi connectivity index (χ1) is 9.59. The van der Waals surface area contributed by atoms with Crippen LogP contribution in [0.15, 0.2) is 18.2 Å². The number of hydrogen-bond acceptors (Lipinski definition) is 3. The van der Waals surface area contributed by atoms with Crippen LogP contribution in [0.5, 0.6) is 0 Å². The number of carbonyl (C=O) groups excluding carboxylic acids is 1. The molecule has 1 aliphatic rings. The van der Waals surface area contributed by atoms with Crippen molar-refractivity contribution < 1.29 is 4.79 Å². The summed E-state index contributed by atoms with van der Waals surface area (Å²) in [5.41, 5.74) is 3.05. The number of para-hydroxylation sites is 1. The van der Waals surface area contributed by atoms with Crippen molar-refractivity contribution in [1.29, 1.82) is 0 Å². The lowest BCUT2D eigenvalue weighted by atomic mass is 9.99. The molecular formula is C16H25N3O. The number of likely N-dealkylation sites (N-methyl/N-ethyl adjacent to an activating group) is 1. The van der Waals surface area contributed by atoms with E-state index >= 15 is 0 Å². The van der Waals surface area contributed by atoms with Gasteiger partial charge in [0.15, 0.2) is 0 Å². The third-order valence-electron chi connectivity index (χ3n) is 3.95. The number of nitrogens with zero attached hydrogens (tertiary/aromatic N) is 1. The summed E-state index contributed by atoms with van der Waals surface area (Å²) in [5.74, 6) is 0.0217. The van der Waals surface area contributed by atoms with E-state index in [1.54, 1.807) is 0 Å². The van der Waals surface area contributed by atoms with Gasteiger partial charge in [0.25, 0.3) is 5.91 Å². The summed E-state index contributed by atoms with van der Waals surface area (Å²) in [6.45, 7) is 6.80. The maximum absolute atomic E-state index is 12.3. The van der Waals surface area contributed by atoms with Crippen LogP contribution in [-0.2, 0) is 6.42 Å². The Balaban J connectivity index is 1.96. The summed E-state index contributed by atoms with van der Waals surface area (Å²) in [7, 11) is 2.07. The molecule has 0 bridgehead atoms. The van der Waals surface area contributed by atoms with Crippen LogP contribution in [0.25, 0.3) is 0 Å². The van der Waals surface area contributed by atoms with Gasteiger partial charge in [-0.3, -0.25) is 4.79 Å². The molecule has 1 amide bonds. The number of hydrogen-bond donors (Lipinski definition) is 2. The second kappa shape index (κ2) is 6.75. The van der Waals surface area contributed by atoms with E-state index < -0.39 is 0 Å². The van der Waals surface area contributed by atoms with Crippen molar-refractivity contribution in [2.24, 2.45) is 0 Å². The molecule has 0 saturated carbocycles. The second-order valence-electron chi connectivity index (χ2n) is 5.70. The number of amides is 1. The van der Waals surface area contributed by atoms with Crippen LogP contribution >= 0.6 is 0 Å². The maximum Gasteiger partial charge on any atom is 0.253 e. The molecule has 0 spiro atoms. The van der Waals surface area contributed by atoms with E-state index in [2.05, 4.69) is 42.5 Å². The minimum atomic E-state index is 0.0217. The zero-order valence-corrected chi connectivity index (χ0v) is 12.7. The third kappa shape index (κ3) is 3.51. The molecule has 4 heteroatoms. The van der Waals surface area contributed by atoms with Gasteiger partial charge >= 0.3 is 0 Å². The number of nitrogens with one attached hydrogen (secondary N) is 2. The minimum absolute atomic E-state index is 0.0217. The van der Waals surface area contributed by atoms with Crippen molar-refractivity contribution in [3.63, 3.8) is 0 Å². The highest BCUT2D eigenvalue weighted by atomic mass is 16.1. The SMILES string of the molecule is CC(C)N(C)CCNC(=O)c1cccc2c1NCCC2. The molecule has 1 heterocycles. The van der Waals surface area contributed by atoms with Gasteiger partial charge in [0.1, 0.15) is 0 Å². The predicted octanol–water partition coefficient (Wildman–Crippen LogP) is 2.11. The number of rotatable bonds is 5. The summed E-state index contributed by atoms with van der Waals surface area (Å²) >= 11 is 0. The smallest absolute Gasteiger partial charge is 0.253 e. The number of fused-ring (bicyclic) bond motifs is 1. The molecule has 110 valence electrons. The molecular weight excluding hydrogens is 250 g/mol. The molecule has 0 aromatic heterocycles. The average molecular weight is 275 g/mol. The maximum atomic E-state index is 12.3. The normalized spacial score (nSPS) is 14.1. The van der Waals surface area contributed by atoms with Gasteiger partial charge < -0.3 is 15.5 Å². The van der Waals surface area contributed by atoms with Crippen molar-refractivity contribution in [1.82, 2.24) is 10.2 Å². The Morgan fingerprint density at radius 1 is 1.45 bits per heavy atom. The van der Waals surface area contributed by atoms with E-state index in [9.17, 15) is 4.79 Å². The van der Waals surface area contributed by atoms with Crippen molar-refractivity contribution in [3.8, 4) is 0 Å². The highest BCUT2D eigenvalue weighted by Gasteiger charge is 2.17. The fourth-order valence-corrected chi connectivity index (χ4v) is 2.40. The van der Waals surface area contributed by atoms with Crippen LogP contribution in [-0.4, -0.2) is 43.5 Å². The van der Waals surface area contributed by atoms with Crippen molar-refractivity contribution in [2.45, 2.75) is 32.7 Å².